The first-order chi connectivity index (χ1) is 11.3. The molecule has 6 nitrogen and oxygen atoms in total. The maximum Gasteiger partial charge on any atom is 0.200 e. The Kier molecular flexibility index (Phi) is 6.00. The molecule has 0 aromatic heterocycles. The Bertz CT molecular complexity index is 721. The topological polar surface area (TPSA) is 113 Å². The number of nitrogens with one attached hydrogen (secondary N) is 1. The number of thiocarbonyl (C=S) groups is 1. The average Bonchev–Trinajstić information content (AvgIpc) is 2.55. The number of hydrogen-bond donors (Lipinski definition) is 6. The third-order valence-corrected chi connectivity index (χ3v) is 4.55. The summed E-state index contributed by atoms with van der Waals surface area (Å²) < 4.78 is 0.463. The Balaban J connectivity index is 1.98. The van der Waals surface area contributed by atoms with Crippen molar-refractivity contribution in [1.29, 1.82) is 0 Å². The molecule has 0 fully saturated rings. The SMILES string of the molecule is Oc1cc(CNC(=S)/C=C/C2=C(Br)C(O)C(O)C=C2)cc(O)c1O. The van der Waals surface area contributed by atoms with Crippen LogP contribution in [0.4, 0.5) is 0 Å². The Morgan fingerprint density at radius 2 is 1.83 bits per heavy atom. The molecular formula is C16H16BrNO5S. The van der Waals surface area contributed by atoms with E-state index in [0.717, 1.165) is 0 Å². The van der Waals surface area contributed by atoms with Gasteiger partial charge in [0.15, 0.2) is 17.2 Å². The van der Waals surface area contributed by atoms with E-state index in [1.807, 2.05) is 0 Å². The predicted octanol–water partition coefficient (Wildman–Crippen LogP) is 1.72. The number of allylic oxidation sites excluding steroid dienone is 3. The number of aliphatic hydroxyl groups is 2. The van der Waals surface area contributed by atoms with Crippen LogP contribution < -0.4 is 5.32 Å². The van der Waals surface area contributed by atoms with Crippen molar-refractivity contribution in [3.05, 3.63) is 52.1 Å². The summed E-state index contributed by atoms with van der Waals surface area (Å²) in [4.78, 5) is 0.392. The van der Waals surface area contributed by atoms with Gasteiger partial charge in [0.1, 0.15) is 12.2 Å². The van der Waals surface area contributed by atoms with Gasteiger partial charge in [-0.1, -0.05) is 46.4 Å². The van der Waals surface area contributed by atoms with Crippen LogP contribution in [-0.4, -0.2) is 42.7 Å². The maximum atomic E-state index is 9.75. The van der Waals surface area contributed by atoms with Gasteiger partial charge in [0.25, 0.3) is 0 Å². The molecule has 0 heterocycles. The monoisotopic (exact) mass is 413 g/mol. The van der Waals surface area contributed by atoms with E-state index in [1.165, 1.54) is 18.2 Å². The standard InChI is InChI=1S/C16H16BrNO5S/c17-14-9(1-3-10(19)16(14)23)2-4-13(24)18-7-8-5-11(20)15(22)12(21)6-8/h1-6,10,16,19-23H,7H2,(H,18,24)/b4-2+. The Morgan fingerprint density at radius 1 is 1.21 bits per heavy atom. The third kappa shape index (κ3) is 4.35. The smallest absolute Gasteiger partial charge is 0.200 e. The summed E-state index contributed by atoms with van der Waals surface area (Å²) >= 11 is 8.39. The molecule has 0 amide bonds. The second-order valence-electron chi connectivity index (χ2n) is 5.13. The lowest BCUT2D eigenvalue weighted by molar-refractivity contribution is 0.0769. The third-order valence-electron chi connectivity index (χ3n) is 3.34. The molecule has 2 unspecified atom stereocenters. The molecule has 2 atom stereocenters. The highest BCUT2D eigenvalue weighted by Gasteiger charge is 2.21. The summed E-state index contributed by atoms with van der Waals surface area (Å²) in [5.41, 5.74) is 1.21. The van der Waals surface area contributed by atoms with Crippen LogP contribution in [0.25, 0.3) is 0 Å². The van der Waals surface area contributed by atoms with Crippen molar-refractivity contribution in [3.8, 4) is 17.2 Å². The molecule has 0 bridgehead atoms. The zero-order valence-corrected chi connectivity index (χ0v) is 14.8. The second kappa shape index (κ2) is 7.80. The minimum absolute atomic E-state index is 0.238. The summed E-state index contributed by atoms with van der Waals surface area (Å²) in [6.45, 7) is 0.238. The first kappa shape index (κ1) is 18.5. The number of phenols is 3. The number of aliphatic hydroxyl groups excluding tert-OH is 2. The molecule has 8 heteroatoms. The van der Waals surface area contributed by atoms with Gasteiger partial charge in [-0.25, -0.2) is 0 Å². The molecule has 24 heavy (non-hydrogen) atoms. The van der Waals surface area contributed by atoms with Crippen molar-refractivity contribution in [2.24, 2.45) is 0 Å². The number of phenolic OH excluding ortho intramolecular Hbond substituents is 3. The Hall–Kier alpha value is -1.87. The highest BCUT2D eigenvalue weighted by atomic mass is 79.9. The van der Waals surface area contributed by atoms with E-state index < -0.39 is 29.5 Å². The van der Waals surface area contributed by atoms with E-state index in [9.17, 15) is 25.5 Å². The summed E-state index contributed by atoms with van der Waals surface area (Å²) in [5, 5.41) is 50.3. The summed E-state index contributed by atoms with van der Waals surface area (Å²) in [7, 11) is 0. The van der Waals surface area contributed by atoms with Crippen LogP contribution in [0.15, 0.2) is 46.5 Å². The van der Waals surface area contributed by atoms with Gasteiger partial charge in [-0.2, -0.15) is 0 Å². The van der Waals surface area contributed by atoms with Crippen molar-refractivity contribution in [1.82, 2.24) is 5.32 Å². The van der Waals surface area contributed by atoms with Crippen molar-refractivity contribution in [2.45, 2.75) is 18.8 Å². The maximum absolute atomic E-state index is 9.75. The van der Waals surface area contributed by atoms with Gasteiger partial charge in [0.05, 0.1) is 4.99 Å². The van der Waals surface area contributed by atoms with Gasteiger partial charge < -0.3 is 30.8 Å². The fraction of sp³-hybridized carbons (Fsp3) is 0.188. The molecular weight excluding hydrogens is 398 g/mol. The first-order valence-electron chi connectivity index (χ1n) is 6.93. The molecule has 1 aliphatic rings. The van der Waals surface area contributed by atoms with E-state index in [4.69, 9.17) is 12.2 Å². The van der Waals surface area contributed by atoms with E-state index in [1.54, 1.807) is 18.2 Å². The Labute approximate surface area is 152 Å². The zero-order chi connectivity index (χ0) is 17.9. The van der Waals surface area contributed by atoms with Gasteiger partial charge in [0.2, 0.25) is 0 Å². The lowest BCUT2D eigenvalue weighted by atomic mass is 10.0. The molecule has 0 saturated heterocycles. The normalized spacial score (nSPS) is 20.6. The van der Waals surface area contributed by atoms with Crippen molar-refractivity contribution < 1.29 is 25.5 Å². The molecule has 1 aromatic carbocycles. The molecule has 0 radical (unpaired) electrons. The minimum Gasteiger partial charge on any atom is -0.504 e. The average molecular weight is 414 g/mol. The van der Waals surface area contributed by atoms with Crippen LogP contribution in [-0.2, 0) is 6.54 Å². The van der Waals surface area contributed by atoms with Gasteiger partial charge in [0, 0.05) is 11.0 Å². The molecule has 128 valence electrons. The number of halogens is 1. The van der Waals surface area contributed by atoms with E-state index in [0.29, 0.717) is 20.6 Å². The molecule has 0 saturated carbocycles. The fourth-order valence-electron chi connectivity index (χ4n) is 2.02. The van der Waals surface area contributed by atoms with Gasteiger partial charge >= 0.3 is 0 Å². The lowest BCUT2D eigenvalue weighted by Gasteiger charge is -2.19. The van der Waals surface area contributed by atoms with Crippen LogP contribution in [0.1, 0.15) is 5.56 Å². The van der Waals surface area contributed by atoms with Crippen LogP contribution in [0.2, 0.25) is 0 Å². The second-order valence-corrected chi connectivity index (χ2v) is 6.43. The van der Waals surface area contributed by atoms with Crippen LogP contribution in [0, 0.1) is 0 Å². The van der Waals surface area contributed by atoms with Crippen LogP contribution >= 0.6 is 28.1 Å². The highest BCUT2D eigenvalue weighted by Crippen LogP contribution is 2.35. The molecule has 2 rings (SSSR count). The van der Waals surface area contributed by atoms with Gasteiger partial charge in [-0.15, -0.1) is 0 Å². The van der Waals surface area contributed by atoms with Crippen LogP contribution in [0.5, 0.6) is 17.2 Å². The molecule has 1 aliphatic carbocycles. The fourth-order valence-corrected chi connectivity index (χ4v) is 2.69. The molecule has 0 spiro atoms. The summed E-state index contributed by atoms with van der Waals surface area (Å²) in [6, 6.07) is 2.63. The molecule has 0 aliphatic heterocycles. The first-order valence-corrected chi connectivity index (χ1v) is 8.13. The molecule has 6 N–H and O–H groups in total. The van der Waals surface area contributed by atoms with Crippen molar-refractivity contribution >= 4 is 33.1 Å². The van der Waals surface area contributed by atoms with E-state index >= 15 is 0 Å². The summed E-state index contributed by atoms with van der Waals surface area (Å²) in [5.74, 6) is -1.40. The number of rotatable bonds is 4. The van der Waals surface area contributed by atoms with Crippen molar-refractivity contribution in [3.63, 3.8) is 0 Å². The Morgan fingerprint density at radius 3 is 2.46 bits per heavy atom. The van der Waals surface area contributed by atoms with Gasteiger partial charge in [-0.05, 0) is 29.3 Å². The van der Waals surface area contributed by atoms with Crippen LogP contribution in [0.3, 0.4) is 0 Å². The largest absolute Gasteiger partial charge is 0.504 e. The lowest BCUT2D eigenvalue weighted by Crippen LogP contribution is -2.26. The molecule has 1 aromatic rings. The highest BCUT2D eigenvalue weighted by molar-refractivity contribution is 9.11. The summed E-state index contributed by atoms with van der Waals surface area (Å²) in [6.07, 6.45) is 4.47. The number of benzene rings is 1. The van der Waals surface area contributed by atoms with Gasteiger partial charge in [-0.3, -0.25) is 0 Å². The van der Waals surface area contributed by atoms with Crippen molar-refractivity contribution in [2.75, 3.05) is 0 Å². The number of aromatic hydroxyl groups is 3. The van der Waals surface area contributed by atoms with E-state index in [2.05, 4.69) is 21.2 Å². The minimum atomic E-state index is -1.01. The quantitative estimate of drug-likeness (QED) is 0.253. The predicted molar refractivity (Wildman–Crippen MR) is 97.1 cm³/mol. The van der Waals surface area contributed by atoms with E-state index in [-0.39, 0.29) is 6.54 Å². The number of hydrogen-bond acceptors (Lipinski definition) is 6. The zero-order valence-electron chi connectivity index (χ0n) is 12.3.